The van der Waals surface area contributed by atoms with E-state index in [1.165, 1.54) is 0 Å². The molecule has 0 aliphatic rings. The molecule has 2 rings (SSSR count). The van der Waals surface area contributed by atoms with Gasteiger partial charge in [-0.15, -0.1) is 0 Å². The van der Waals surface area contributed by atoms with Gasteiger partial charge in [0.2, 0.25) is 0 Å². The first-order valence-electron chi connectivity index (χ1n) is 4.70. The molecule has 0 atom stereocenters. The van der Waals surface area contributed by atoms with E-state index in [0.717, 1.165) is 6.07 Å². The summed E-state index contributed by atoms with van der Waals surface area (Å²) >= 11 is 0. The van der Waals surface area contributed by atoms with Crippen molar-refractivity contribution in [3.05, 3.63) is 40.2 Å². The summed E-state index contributed by atoms with van der Waals surface area (Å²) in [5.41, 5.74) is 0.788. The Bertz CT molecular complexity index is 616. The van der Waals surface area contributed by atoms with Gasteiger partial charge in [0.05, 0.1) is 11.2 Å². The SMILES string of the molecule is CNc1cccc2c(=O)cc(C(=O)O)[nH]c12. The number of aromatic carboxylic acids is 1. The van der Waals surface area contributed by atoms with E-state index in [4.69, 9.17) is 5.11 Å². The standard InChI is InChI=1S/C11H10N2O3/c1-12-7-4-2-3-6-9(14)5-8(11(15)16)13-10(6)7/h2-5,12H,1H3,(H,13,14)(H,15,16). The fourth-order valence-corrected chi connectivity index (χ4v) is 1.60. The first kappa shape index (κ1) is 10.2. The molecule has 0 aliphatic carbocycles. The van der Waals surface area contributed by atoms with Crippen LogP contribution in [0.4, 0.5) is 5.69 Å². The molecule has 1 heterocycles. The summed E-state index contributed by atoms with van der Waals surface area (Å²) in [5.74, 6) is -1.15. The maximum atomic E-state index is 11.7. The number of para-hydroxylation sites is 1. The third-order valence-electron chi connectivity index (χ3n) is 2.36. The maximum Gasteiger partial charge on any atom is 0.352 e. The lowest BCUT2D eigenvalue weighted by Crippen LogP contribution is -2.10. The number of pyridine rings is 1. The second-order valence-electron chi connectivity index (χ2n) is 3.33. The Kier molecular flexibility index (Phi) is 2.36. The first-order chi connectivity index (χ1) is 7.63. The molecule has 5 heteroatoms. The number of hydrogen-bond acceptors (Lipinski definition) is 3. The molecule has 0 aliphatic heterocycles. The van der Waals surface area contributed by atoms with E-state index in [9.17, 15) is 9.59 Å². The molecule has 82 valence electrons. The van der Waals surface area contributed by atoms with Crippen LogP contribution in [0.15, 0.2) is 29.1 Å². The molecule has 0 amide bonds. The van der Waals surface area contributed by atoms with Crippen LogP contribution in [-0.4, -0.2) is 23.1 Å². The molecule has 0 bridgehead atoms. The minimum Gasteiger partial charge on any atom is -0.477 e. The Hall–Kier alpha value is -2.30. The van der Waals surface area contributed by atoms with Crippen LogP contribution < -0.4 is 10.7 Å². The van der Waals surface area contributed by atoms with Crippen LogP contribution in [0, 0.1) is 0 Å². The highest BCUT2D eigenvalue weighted by Crippen LogP contribution is 2.18. The highest BCUT2D eigenvalue weighted by atomic mass is 16.4. The molecular weight excluding hydrogens is 208 g/mol. The Balaban J connectivity index is 2.88. The predicted molar refractivity (Wildman–Crippen MR) is 61.1 cm³/mol. The number of fused-ring (bicyclic) bond motifs is 1. The van der Waals surface area contributed by atoms with Crippen LogP contribution in [0.2, 0.25) is 0 Å². The molecule has 3 N–H and O–H groups in total. The lowest BCUT2D eigenvalue weighted by atomic mass is 10.1. The number of nitrogens with one attached hydrogen (secondary N) is 2. The van der Waals surface area contributed by atoms with Crippen LogP contribution >= 0.6 is 0 Å². The van der Waals surface area contributed by atoms with Crippen LogP contribution in [0.3, 0.4) is 0 Å². The van der Waals surface area contributed by atoms with E-state index in [0.29, 0.717) is 16.6 Å². The predicted octanol–water partition coefficient (Wildman–Crippen LogP) is 1.27. The number of anilines is 1. The van der Waals surface area contributed by atoms with Crippen molar-refractivity contribution in [2.75, 3.05) is 12.4 Å². The quantitative estimate of drug-likeness (QED) is 0.708. The van der Waals surface area contributed by atoms with Gasteiger partial charge in [-0.1, -0.05) is 6.07 Å². The molecule has 1 aromatic carbocycles. The van der Waals surface area contributed by atoms with Crippen molar-refractivity contribution in [2.24, 2.45) is 0 Å². The van der Waals surface area contributed by atoms with Gasteiger partial charge >= 0.3 is 5.97 Å². The topological polar surface area (TPSA) is 82.2 Å². The Morgan fingerprint density at radius 3 is 2.81 bits per heavy atom. The number of carbonyl (C=O) groups is 1. The second kappa shape index (κ2) is 3.69. The second-order valence-corrected chi connectivity index (χ2v) is 3.33. The number of H-pyrrole nitrogens is 1. The van der Waals surface area contributed by atoms with E-state index in [1.807, 2.05) is 0 Å². The zero-order valence-corrected chi connectivity index (χ0v) is 8.57. The van der Waals surface area contributed by atoms with Gasteiger partial charge in [-0.2, -0.15) is 0 Å². The number of carboxylic acid groups (broad SMARTS) is 1. The molecular formula is C11H10N2O3. The van der Waals surface area contributed by atoms with Gasteiger partial charge in [-0.3, -0.25) is 4.79 Å². The van der Waals surface area contributed by atoms with Crippen LogP contribution in [0.25, 0.3) is 10.9 Å². The van der Waals surface area contributed by atoms with Gasteiger partial charge in [0.1, 0.15) is 5.69 Å². The summed E-state index contributed by atoms with van der Waals surface area (Å²) in [6.45, 7) is 0. The monoisotopic (exact) mass is 218 g/mol. The summed E-state index contributed by atoms with van der Waals surface area (Å²) in [4.78, 5) is 25.2. The van der Waals surface area contributed by atoms with Crippen molar-refractivity contribution < 1.29 is 9.90 Å². The number of benzene rings is 1. The van der Waals surface area contributed by atoms with Crippen molar-refractivity contribution in [1.82, 2.24) is 4.98 Å². The van der Waals surface area contributed by atoms with Gasteiger partial charge in [-0.05, 0) is 12.1 Å². The number of carboxylic acids is 1. The fraction of sp³-hybridized carbons (Fsp3) is 0.0909. The van der Waals surface area contributed by atoms with Crippen molar-refractivity contribution in [3.63, 3.8) is 0 Å². The lowest BCUT2D eigenvalue weighted by Gasteiger charge is -2.06. The number of hydrogen-bond donors (Lipinski definition) is 3. The average Bonchev–Trinajstić information content (AvgIpc) is 2.28. The smallest absolute Gasteiger partial charge is 0.352 e. The molecule has 0 radical (unpaired) electrons. The van der Waals surface area contributed by atoms with Crippen molar-refractivity contribution in [2.45, 2.75) is 0 Å². The highest BCUT2D eigenvalue weighted by molar-refractivity contribution is 5.94. The van der Waals surface area contributed by atoms with E-state index in [1.54, 1.807) is 25.2 Å². The molecule has 5 nitrogen and oxygen atoms in total. The summed E-state index contributed by atoms with van der Waals surface area (Å²) < 4.78 is 0. The summed E-state index contributed by atoms with van der Waals surface area (Å²) in [7, 11) is 1.71. The molecule has 0 saturated carbocycles. The van der Waals surface area contributed by atoms with Crippen molar-refractivity contribution in [1.29, 1.82) is 0 Å². The minimum atomic E-state index is -1.15. The Labute approximate surface area is 90.7 Å². The number of rotatable bonds is 2. The largest absolute Gasteiger partial charge is 0.477 e. The summed E-state index contributed by atoms with van der Waals surface area (Å²) in [5, 5.41) is 12.2. The maximum absolute atomic E-state index is 11.7. The summed E-state index contributed by atoms with van der Waals surface area (Å²) in [6.07, 6.45) is 0. The van der Waals surface area contributed by atoms with E-state index in [-0.39, 0.29) is 11.1 Å². The van der Waals surface area contributed by atoms with Gasteiger partial charge < -0.3 is 15.4 Å². The van der Waals surface area contributed by atoms with Gasteiger partial charge in [0.15, 0.2) is 5.43 Å². The normalized spacial score (nSPS) is 10.3. The lowest BCUT2D eigenvalue weighted by molar-refractivity contribution is 0.0691. The van der Waals surface area contributed by atoms with Gasteiger partial charge in [0, 0.05) is 18.5 Å². The Morgan fingerprint density at radius 1 is 1.44 bits per heavy atom. The fourth-order valence-electron chi connectivity index (χ4n) is 1.60. The molecule has 0 fully saturated rings. The average molecular weight is 218 g/mol. The molecule has 0 unspecified atom stereocenters. The third kappa shape index (κ3) is 1.52. The number of aromatic amines is 1. The minimum absolute atomic E-state index is 0.111. The van der Waals surface area contributed by atoms with E-state index in [2.05, 4.69) is 10.3 Å². The Morgan fingerprint density at radius 2 is 2.19 bits per heavy atom. The molecule has 2 aromatic rings. The van der Waals surface area contributed by atoms with E-state index < -0.39 is 5.97 Å². The molecule has 0 saturated heterocycles. The zero-order chi connectivity index (χ0) is 11.7. The van der Waals surface area contributed by atoms with Crippen molar-refractivity contribution in [3.8, 4) is 0 Å². The first-order valence-corrected chi connectivity index (χ1v) is 4.70. The van der Waals surface area contributed by atoms with Crippen LogP contribution in [0.5, 0.6) is 0 Å². The molecule has 1 aromatic heterocycles. The highest BCUT2D eigenvalue weighted by Gasteiger charge is 2.09. The molecule has 0 spiro atoms. The third-order valence-corrected chi connectivity index (χ3v) is 2.36. The molecule has 16 heavy (non-hydrogen) atoms. The van der Waals surface area contributed by atoms with Gasteiger partial charge in [-0.25, -0.2) is 4.79 Å². The van der Waals surface area contributed by atoms with Crippen molar-refractivity contribution >= 4 is 22.6 Å². The number of aromatic nitrogens is 1. The van der Waals surface area contributed by atoms with Gasteiger partial charge in [0.25, 0.3) is 0 Å². The summed E-state index contributed by atoms with van der Waals surface area (Å²) in [6, 6.07) is 6.25. The van der Waals surface area contributed by atoms with E-state index >= 15 is 0 Å². The zero-order valence-electron chi connectivity index (χ0n) is 8.57. The van der Waals surface area contributed by atoms with Crippen LogP contribution in [0.1, 0.15) is 10.5 Å². The van der Waals surface area contributed by atoms with Crippen LogP contribution in [-0.2, 0) is 0 Å².